The Morgan fingerprint density at radius 3 is 2.32 bits per heavy atom. The number of carbonyl (C=O) groups is 1. The predicted molar refractivity (Wildman–Crippen MR) is 153 cm³/mol. The number of aromatic nitrogens is 2. The zero-order chi connectivity index (χ0) is 26.4. The number of nitrogens with zero attached hydrogens (tertiary/aromatic N) is 4. The highest BCUT2D eigenvalue weighted by Gasteiger charge is 2.31. The van der Waals surface area contributed by atoms with E-state index < -0.39 is 10.0 Å². The first-order valence-electron chi connectivity index (χ1n) is 11.9. The first-order valence-corrected chi connectivity index (χ1v) is 15.1. The Bertz CT molecular complexity index is 1760. The zero-order valence-electron chi connectivity index (χ0n) is 20.4. The summed E-state index contributed by atoms with van der Waals surface area (Å²) in [5.74, 6) is 0. The third-order valence-corrected chi connectivity index (χ3v) is 10.1. The van der Waals surface area contributed by atoms with Crippen LogP contribution in [0.2, 0.25) is 0 Å². The van der Waals surface area contributed by atoms with E-state index in [1.165, 1.54) is 16.4 Å². The van der Waals surface area contributed by atoms with E-state index in [0.29, 0.717) is 23.9 Å². The lowest BCUT2D eigenvalue weighted by Gasteiger charge is -2.34. The average Bonchev–Trinajstić information content (AvgIpc) is 3.53. The summed E-state index contributed by atoms with van der Waals surface area (Å²) in [6, 6.07) is 24.2. The number of urea groups is 1. The van der Waals surface area contributed by atoms with Crippen LogP contribution in [0.5, 0.6) is 0 Å². The molecule has 0 radical (unpaired) electrons. The number of primary sulfonamides is 1. The lowest BCUT2D eigenvalue weighted by Crippen LogP contribution is -2.49. The number of fused-ring (bicyclic) bond motifs is 1. The molecule has 2 aromatic heterocycles. The van der Waals surface area contributed by atoms with E-state index in [0.717, 1.165) is 55.9 Å². The third-order valence-electron chi connectivity index (χ3n) is 6.48. The maximum atomic E-state index is 13.4. The quantitative estimate of drug-likeness (QED) is 0.288. The molecule has 3 heterocycles. The van der Waals surface area contributed by atoms with Crippen LogP contribution in [0, 0.1) is 6.92 Å². The molecule has 0 saturated carbocycles. The minimum Gasteiger partial charge on any atom is -0.294 e. The number of sulfonamides is 1. The maximum absolute atomic E-state index is 13.4. The van der Waals surface area contributed by atoms with Gasteiger partial charge in [-0.2, -0.15) is 4.37 Å². The van der Waals surface area contributed by atoms with Crippen LogP contribution in [0.4, 0.5) is 15.6 Å². The monoisotopic (exact) mass is 561 g/mol. The number of rotatable bonds is 5. The molecule has 1 fully saturated rings. The molecular weight excluding hydrogens is 539 g/mol. The number of amides is 2. The van der Waals surface area contributed by atoms with Gasteiger partial charge in [-0.25, -0.2) is 23.3 Å². The zero-order valence-corrected chi connectivity index (χ0v) is 22.8. The van der Waals surface area contributed by atoms with Crippen molar-refractivity contribution in [1.82, 2.24) is 9.36 Å². The molecule has 0 unspecified atom stereocenters. The number of hydrogen-bond donors (Lipinski definition) is 1. The number of hydrogen-bond acceptors (Lipinski definition) is 7. The largest absolute Gasteiger partial charge is 0.330 e. The van der Waals surface area contributed by atoms with Gasteiger partial charge < -0.3 is 0 Å². The Morgan fingerprint density at radius 1 is 0.895 bits per heavy atom. The first-order chi connectivity index (χ1) is 18.3. The molecule has 8 nitrogen and oxygen atoms in total. The van der Waals surface area contributed by atoms with Crippen molar-refractivity contribution in [2.75, 3.05) is 22.9 Å². The highest BCUT2D eigenvalue weighted by atomic mass is 32.2. The second-order valence-electron chi connectivity index (χ2n) is 9.01. The number of nitrogens with two attached hydrogens (primary N) is 1. The second kappa shape index (κ2) is 9.59. The minimum atomic E-state index is -3.89. The summed E-state index contributed by atoms with van der Waals surface area (Å²) in [6.45, 7) is 2.60. The van der Waals surface area contributed by atoms with Gasteiger partial charge in [0.1, 0.15) is 0 Å². The van der Waals surface area contributed by atoms with Gasteiger partial charge in [0.2, 0.25) is 10.0 Å². The molecule has 0 spiro atoms. The van der Waals surface area contributed by atoms with Gasteiger partial charge in [-0.1, -0.05) is 59.9 Å². The Hall–Kier alpha value is -3.64. The molecule has 11 heteroatoms. The van der Waals surface area contributed by atoms with Crippen molar-refractivity contribution < 1.29 is 13.2 Å². The molecule has 1 saturated heterocycles. The molecule has 0 aliphatic carbocycles. The van der Waals surface area contributed by atoms with Crippen molar-refractivity contribution in [3.8, 4) is 21.6 Å². The summed E-state index contributed by atoms with van der Waals surface area (Å²) in [4.78, 5) is 22.0. The van der Waals surface area contributed by atoms with Gasteiger partial charge in [0.05, 0.1) is 16.1 Å². The fourth-order valence-corrected chi connectivity index (χ4v) is 7.46. The molecule has 3 aromatic carbocycles. The predicted octanol–water partition coefficient (Wildman–Crippen LogP) is 5.88. The van der Waals surface area contributed by atoms with Crippen molar-refractivity contribution in [1.29, 1.82) is 0 Å². The number of carbonyl (C=O) groups excluding carboxylic acids is 1. The van der Waals surface area contributed by atoms with Crippen LogP contribution in [0.15, 0.2) is 77.0 Å². The Balaban J connectivity index is 1.28. The topological polar surface area (TPSA) is 109 Å². The Kier molecular flexibility index (Phi) is 6.23. The first kappa shape index (κ1) is 24.7. The van der Waals surface area contributed by atoms with E-state index in [9.17, 15) is 13.2 Å². The van der Waals surface area contributed by atoms with Crippen molar-refractivity contribution in [3.05, 3.63) is 78.5 Å². The van der Waals surface area contributed by atoms with Crippen LogP contribution in [0.25, 0.3) is 32.5 Å². The van der Waals surface area contributed by atoms with E-state index in [4.69, 9.17) is 5.14 Å². The fourth-order valence-electron chi connectivity index (χ4n) is 4.64. The van der Waals surface area contributed by atoms with Crippen LogP contribution < -0.4 is 14.9 Å². The summed E-state index contributed by atoms with van der Waals surface area (Å²) in [5.41, 5.74) is 5.34. The van der Waals surface area contributed by atoms with Crippen LogP contribution in [0.3, 0.4) is 0 Å². The third kappa shape index (κ3) is 4.47. The number of aryl methyl sites for hydroxylation is 1. The molecule has 2 N–H and O–H groups in total. The normalized spacial score (nSPS) is 14.4. The van der Waals surface area contributed by atoms with Gasteiger partial charge in [0.15, 0.2) is 9.34 Å². The molecule has 2 amide bonds. The summed E-state index contributed by atoms with van der Waals surface area (Å²) < 4.78 is 28.3. The summed E-state index contributed by atoms with van der Waals surface area (Å²) in [5, 5.41) is 6.73. The number of anilines is 2. The number of benzene rings is 3. The lowest BCUT2D eigenvalue weighted by molar-refractivity contribution is 0.248. The average molecular weight is 562 g/mol. The van der Waals surface area contributed by atoms with Gasteiger partial charge >= 0.3 is 6.03 Å². The SMILES string of the molecule is Cc1nc(N2CCCN(c3ccc(-c4snc5ccc(-c6ccccc6)cc45)cc3)C2=O)sc1S(N)(=O)=O. The molecule has 5 aromatic rings. The fraction of sp³-hybridized carbons (Fsp3) is 0.148. The van der Waals surface area contributed by atoms with Crippen molar-refractivity contribution >= 4 is 60.6 Å². The van der Waals surface area contributed by atoms with Gasteiger partial charge in [0, 0.05) is 24.2 Å². The molecule has 0 atom stereocenters. The Morgan fingerprint density at radius 2 is 1.61 bits per heavy atom. The summed E-state index contributed by atoms with van der Waals surface area (Å²) in [7, 11) is -3.89. The van der Waals surface area contributed by atoms with Crippen molar-refractivity contribution in [3.63, 3.8) is 0 Å². The van der Waals surface area contributed by atoms with E-state index >= 15 is 0 Å². The molecule has 192 valence electrons. The van der Waals surface area contributed by atoms with Gasteiger partial charge in [-0.3, -0.25) is 9.80 Å². The lowest BCUT2D eigenvalue weighted by atomic mass is 10.0. The molecule has 1 aliphatic rings. The van der Waals surface area contributed by atoms with E-state index in [1.54, 1.807) is 11.8 Å². The summed E-state index contributed by atoms with van der Waals surface area (Å²) in [6.07, 6.45) is 0.721. The second-order valence-corrected chi connectivity index (χ2v) is 12.5. The highest BCUT2D eigenvalue weighted by molar-refractivity contribution is 7.91. The molecule has 38 heavy (non-hydrogen) atoms. The van der Waals surface area contributed by atoms with E-state index in [-0.39, 0.29) is 10.2 Å². The smallest absolute Gasteiger partial charge is 0.294 e. The molecule has 6 rings (SSSR count). The van der Waals surface area contributed by atoms with Crippen LogP contribution in [0.1, 0.15) is 12.1 Å². The van der Waals surface area contributed by atoms with E-state index in [1.807, 2.05) is 42.5 Å². The van der Waals surface area contributed by atoms with Gasteiger partial charge in [-0.05, 0) is 65.8 Å². The molecule has 0 bridgehead atoms. The molecular formula is C27H23N5O3S3. The number of thiazole rings is 1. The minimum absolute atomic E-state index is 0.0195. The van der Waals surface area contributed by atoms with Gasteiger partial charge in [-0.15, -0.1) is 0 Å². The van der Waals surface area contributed by atoms with Gasteiger partial charge in [0.25, 0.3) is 0 Å². The van der Waals surface area contributed by atoms with Crippen LogP contribution in [-0.2, 0) is 10.0 Å². The van der Waals surface area contributed by atoms with Crippen LogP contribution in [-0.4, -0.2) is 36.9 Å². The van der Waals surface area contributed by atoms with Crippen molar-refractivity contribution in [2.24, 2.45) is 5.14 Å². The summed E-state index contributed by atoms with van der Waals surface area (Å²) >= 11 is 2.38. The highest BCUT2D eigenvalue weighted by Crippen LogP contribution is 2.37. The van der Waals surface area contributed by atoms with Crippen molar-refractivity contribution in [2.45, 2.75) is 17.6 Å². The maximum Gasteiger partial charge on any atom is 0.330 e. The molecule has 1 aliphatic heterocycles. The van der Waals surface area contributed by atoms with E-state index in [2.05, 4.69) is 39.7 Å². The van der Waals surface area contributed by atoms with Crippen LogP contribution >= 0.6 is 22.9 Å². The Labute approximate surface area is 228 Å². The standard InChI is InChI=1S/C27H23N5O3S3/c1-17-25(38(28,34)35)36-26(29-17)32-15-5-14-31(27(32)33)21-11-8-19(9-12-21)24-22-16-20(10-13-23(22)30-37-24)18-6-3-2-4-7-18/h2-4,6-13,16H,5,14-15H2,1H3,(H2,28,34,35).